The molecule has 0 fully saturated rings. The highest BCUT2D eigenvalue weighted by atomic mass is 127. The fourth-order valence-corrected chi connectivity index (χ4v) is 1.44. The van der Waals surface area contributed by atoms with Gasteiger partial charge in [0.1, 0.15) is 0 Å². The molecular formula is C9H19I. The Hall–Kier alpha value is 0.730. The van der Waals surface area contributed by atoms with E-state index >= 15 is 0 Å². The first kappa shape index (κ1) is 10.7. The van der Waals surface area contributed by atoms with Crippen LogP contribution >= 0.6 is 22.6 Å². The van der Waals surface area contributed by atoms with Gasteiger partial charge in [-0.25, -0.2) is 0 Å². The normalized spacial score (nSPS) is 13.5. The van der Waals surface area contributed by atoms with Crippen molar-refractivity contribution in [1.82, 2.24) is 0 Å². The van der Waals surface area contributed by atoms with Gasteiger partial charge in [-0.1, -0.05) is 62.1 Å². The summed E-state index contributed by atoms with van der Waals surface area (Å²) in [4.78, 5) is 0. The lowest BCUT2D eigenvalue weighted by Crippen LogP contribution is -1.94. The van der Waals surface area contributed by atoms with Crippen LogP contribution in [0.2, 0.25) is 0 Å². The van der Waals surface area contributed by atoms with E-state index in [1.807, 2.05) is 0 Å². The molecule has 0 N–H and O–H groups in total. The van der Waals surface area contributed by atoms with E-state index in [0.29, 0.717) is 0 Å². The predicted octanol–water partition coefficient (Wildman–Crippen LogP) is 4.03. The molecule has 0 nitrogen and oxygen atoms in total. The van der Waals surface area contributed by atoms with Gasteiger partial charge >= 0.3 is 0 Å². The minimum atomic E-state index is 0.942. The number of hydrogen-bond donors (Lipinski definition) is 0. The Labute approximate surface area is 78.9 Å². The van der Waals surface area contributed by atoms with Crippen molar-refractivity contribution in [2.75, 3.05) is 4.43 Å². The summed E-state index contributed by atoms with van der Waals surface area (Å²) in [7, 11) is 0. The summed E-state index contributed by atoms with van der Waals surface area (Å²) < 4.78 is 1.32. The van der Waals surface area contributed by atoms with Gasteiger partial charge in [0.25, 0.3) is 0 Å². The van der Waals surface area contributed by atoms with Crippen molar-refractivity contribution in [3.8, 4) is 0 Å². The van der Waals surface area contributed by atoms with Crippen LogP contribution < -0.4 is 0 Å². The second kappa shape index (κ2) is 7.83. The van der Waals surface area contributed by atoms with Gasteiger partial charge in [0.2, 0.25) is 0 Å². The molecule has 1 heteroatoms. The predicted molar refractivity (Wildman–Crippen MR) is 56.8 cm³/mol. The Bertz CT molecular complexity index is 61.7. The van der Waals surface area contributed by atoms with E-state index in [1.54, 1.807) is 0 Å². The van der Waals surface area contributed by atoms with E-state index in [1.165, 1.54) is 36.5 Å². The Morgan fingerprint density at radius 2 is 1.90 bits per heavy atom. The Kier molecular flexibility index (Phi) is 8.40. The van der Waals surface area contributed by atoms with Crippen molar-refractivity contribution in [3.05, 3.63) is 0 Å². The topological polar surface area (TPSA) is 0 Å². The van der Waals surface area contributed by atoms with Crippen LogP contribution in [0.1, 0.15) is 46.0 Å². The van der Waals surface area contributed by atoms with Crippen LogP contribution in [0.25, 0.3) is 0 Å². The lowest BCUT2D eigenvalue weighted by molar-refractivity contribution is 0.535. The second-order valence-corrected chi connectivity index (χ2v) is 3.99. The van der Waals surface area contributed by atoms with Gasteiger partial charge in [-0.2, -0.15) is 0 Å². The molecule has 0 bridgehead atoms. The third-order valence-corrected chi connectivity index (χ3v) is 3.32. The van der Waals surface area contributed by atoms with Gasteiger partial charge in [0.15, 0.2) is 0 Å². The summed E-state index contributed by atoms with van der Waals surface area (Å²) in [5, 5.41) is 0. The van der Waals surface area contributed by atoms with Crippen LogP contribution in [-0.4, -0.2) is 4.43 Å². The van der Waals surface area contributed by atoms with E-state index in [0.717, 1.165) is 5.92 Å². The molecule has 1 atom stereocenters. The number of unbranched alkanes of at least 4 members (excludes halogenated alkanes) is 3. The van der Waals surface area contributed by atoms with Gasteiger partial charge in [-0.05, 0) is 12.3 Å². The van der Waals surface area contributed by atoms with Crippen LogP contribution in [0.4, 0.5) is 0 Å². The summed E-state index contributed by atoms with van der Waals surface area (Å²) in [5.41, 5.74) is 0. The van der Waals surface area contributed by atoms with Gasteiger partial charge in [0, 0.05) is 4.43 Å². The van der Waals surface area contributed by atoms with Gasteiger partial charge < -0.3 is 0 Å². The molecule has 0 rings (SSSR count). The van der Waals surface area contributed by atoms with Crippen LogP contribution in [0.5, 0.6) is 0 Å². The SMILES string of the molecule is CCCCCC[C@@H](C)CI. The molecule has 0 unspecified atom stereocenters. The highest BCUT2D eigenvalue weighted by Gasteiger charge is 1.97. The molecule has 10 heavy (non-hydrogen) atoms. The van der Waals surface area contributed by atoms with Crippen molar-refractivity contribution in [1.29, 1.82) is 0 Å². The van der Waals surface area contributed by atoms with E-state index in [-0.39, 0.29) is 0 Å². The fraction of sp³-hybridized carbons (Fsp3) is 1.00. The maximum absolute atomic E-state index is 2.47. The third kappa shape index (κ3) is 6.84. The zero-order valence-electron chi connectivity index (χ0n) is 7.20. The molecule has 0 aromatic carbocycles. The van der Waals surface area contributed by atoms with E-state index in [2.05, 4.69) is 36.4 Å². The first-order valence-corrected chi connectivity index (χ1v) is 5.89. The van der Waals surface area contributed by atoms with Crippen molar-refractivity contribution in [3.63, 3.8) is 0 Å². The number of halogens is 1. The Morgan fingerprint density at radius 1 is 1.20 bits per heavy atom. The van der Waals surface area contributed by atoms with Gasteiger partial charge in [0.05, 0.1) is 0 Å². The van der Waals surface area contributed by atoms with Crippen LogP contribution in [-0.2, 0) is 0 Å². The molecule has 0 radical (unpaired) electrons. The minimum Gasteiger partial charge on any atom is -0.0861 e. The molecular weight excluding hydrogens is 235 g/mol. The summed E-state index contributed by atoms with van der Waals surface area (Å²) in [6, 6.07) is 0. The van der Waals surface area contributed by atoms with Crippen LogP contribution in [0, 0.1) is 5.92 Å². The Morgan fingerprint density at radius 3 is 2.40 bits per heavy atom. The molecule has 0 saturated carbocycles. The maximum atomic E-state index is 2.47. The lowest BCUT2D eigenvalue weighted by Gasteiger charge is -2.05. The first-order chi connectivity index (χ1) is 4.81. The molecule has 0 aromatic heterocycles. The molecule has 0 heterocycles. The Balaban J connectivity index is 2.89. The number of alkyl halides is 1. The van der Waals surface area contributed by atoms with Crippen molar-refractivity contribution < 1.29 is 0 Å². The highest BCUT2D eigenvalue weighted by molar-refractivity contribution is 14.1. The largest absolute Gasteiger partial charge is 0.0861 e. The summed E-state index contributed by atoms with van der Waals surface area (Å²) in [6.07, 6.45) is 7.10. The number of hydrogen-bond acceptors (Lipinski definition) is 0. The molecule has 0 aliphatic carbocycles. The molecule has 0 aliphatic heterocycles. The molecule has 0 saturated heterocycles. The molecule has 62 valence electrons. The second-order valence-electron chi connectivity index (χ2n) is 3.11. The zero-order chi connectivity index (χ0) is 7.82. The monoisotopic (exact) mass is 254 g/mol. The third-order valence-electron chi connectivity index (χ3n) is 1.81. The lowest BCUT2D eigenvalue weighted by atomic mass is 10.0. The molecule has 0 aliphatic rings. The van der Waals surface area contributed by atoms with Crippen molar-refractivity contribution >= 4 is 22.6 Å². The quantitative estimate of drug-likeness (QED) is 0.381. The fourth-order valence-electron chi connectivity index (χ4n) is 0.997. The van der Waals surface area contributed by atoms with E-state index in [4.69, 9.17) is 0 Å². The standard InChI is InChI=1S/C9H19I/c1-3-4-5-6-7-9(2)8-10/h9H,3-8H2,1-2H3/t9-/m1/s1. The van der Waals surface area contributed by atoms with Crippen molar-refractivity contribution in [2.45, 2.75) is 46.0 Å². The first-order valence-electron chi connectivity index (χ1n) is 4.37. The van der Waals surface area contributed by atoms with Gasteiger partial charge in [-0.3, -0.25) is 0 Å². The zero-order valence-corrected chi connectivity index (χ0v) is 9.36. The maximum Gasteiger partial charge on any atom is 0.00210 e. The molecule has 0 aromatic rings. The van der Waals surface area contributed by atoms with E-state index in [9.17, 15) is 0 Å². The van der Waals surface area contributed by atoms with Crippen molar-refractivity contribution in [2.24, 2.45) is 5.92 Å². The molecule has 0 spiro atoms. The molecule has 0 amide bonds. The number of rotatable bonds is 6. The van der Waals surface area contributed by atoms with Gasteiger partial charge in [-0.15, -0.1) is 0 Å². The summed E-state index contributed by atoms with van der Waals surface area (Å²) in [5.74, 6) is 0.942. The summed E-state index contributed by atoms with van der Waals surface area (Å²) in [6.45, 7) is 4.61. The highest BCUT2D eigenvalue weighted by Crippen LogP contribution is 2.12. The summed E-state index contributed by atoms with van der Waals surface area (Å²) >= 11 is 2.47. The average molecular weight is 254 g/mol. The minimum absolute atomic E-state index is 0.942. The van der Waals surface area contributed by atoms with Crippen LogP contribution in [0.3, 0.4) is 0 Å². The van der Waals surface area contributed by atoms with Crippen LogP contribution in [0.15, 0.2) is 0 Å². The van der Waals surface area contributed by atoms with E-state index < -0.39 is 0 Å². The smallest absolute Gasteiger partial charge is 0.00210 e. The average Bonchev–Trinajstić information content (AvgIpc) is 1.98.